The van der Waals surface area contributed by atoms with Gasteiger partial charge in [-0.05, 0) is 92.1 Å². The summed E-state index contributed by atoms with van der Waals surface area (Å²) < 4.78 is 19.1. The Kier molecular flexibility index (Phi) is 7.97. The van der Waals surface area contributed by atoms with Crippen molar-refractivity contribution < 1.29 is 18.7 Å². The Bertz CT molecular complexity index is 1700. The summed E-state index contributed by atoms with van der Waals surface area (Å²) in [6.45, 7) is 7.09. The first-order valence-corrected chi connectivity index (χ1v) is 13.5. The molecule has 4 heterocycles. The molecule has 10 heteroatoms. The summed E-state index contributed by atoms with van der Waals surface area (Å²) in [7, 11) is 0. The molecule has 0 fully saturated rings. The number of aromatic amines is 1. The minimum Gasteiger partial charge on any atom is -0.444 e. The Morgan fingerprint density at radius 3 is 2.33 bits per heavy atom. The summed E-state index contributed by atoms with van der Waals surface area (Å²) in [4.78, 5) is 42.6. The van der Waals surface area contributed by atoms with Crippen LogP contribution in [0.2, 0.25) is 0 Å². The number of hydrogen-bond donors (Lipinski definition) is 3. The lowest BCUT2D eigenvalue weighted by atomic mass is 9.94. The maximum absolute atomic E-state index is 13.7. The van der Waals surface area contributed by atoms with E-state index in [1.807, 2.05) is 31.2 Å². The topological polar surface area (TPSA) is 122 Å². The van der Waals surface area contributed by atoms with Crippen LogP contribution in [0, 0.1) is 5.82 Å². The summed E-state index contributed by atoms with van der Waals surface area (Å²) in [5.41, 5.74) is 3.86. The van der Waals surface area contributed by atoms with Gasteiger partial charge in [0.2, 0.25) is 5.91 Å². The highest BCUT2D eigenvalue weighted by molar-refractivity contribution is 6.04. The number of nitrogens with one attached hydrogen (secondary N) is 3. The van der Waals surface area contributed by atoms with Gasteiger partial charge in [-0.15, -0.1) is 0 Å². The van der Waals surface area contributed by atoms with Gasteiger partial charge in [0.25, 0.3) is 0 Å². The van der Waals surface area contributed by atoms with Gasteiger partial charge < -0.3 is 20.4 Å². The van der Waals surface area contributed by atoms with Crippen LogP contribution in [0.4, 0.5) is 15.0 Å². The molecule has 0 bridgehead atoms. The van der Waals surface area contributed by atoms with Crippen molar-refractivity contribution in [1.29, 1.82) is 0 Å². The van der Waals surface area contributed by atoms with E-state index in [4.69, 9.17) is 4.74 Å². The molecule has 42 heavy (non-hydrogen) atoms. The lowest BCUT2D eigenvalue weighted by Crippen LogP contribution is -2.48. The van der Waals surface area contributed by atoms with Crippen LogP contribution in [-0.4, -0.2) is 43.6 Å². The quantitative estimate of drug-likeness (QED) is 0.208. The molecule has 9 nitrogen and oxygen atoms in total. The lowest BCUT2D eigenvalue weighted by Gasteiger charge is -2.26. The number of carbonyl (C=O) groups is 2. The fraction of sp³-hybridized carbons (Fsp3) is 0.219. The van der Waals surface area contributed by atoms with E-state index in [1.54, 1.807) is 69.8 Å². The number of ether oxygens (including phenoxy) is 1. The highest BCUT2D eigenvalue weighted by Gasteiger charge is 2.31. The van der Waals surface area contributed by atoms with E-state index >= 15 is 0 Å². The Morgan fingerprint density at radius 1 is 0.929 bits per heavy atom. The van der Waals surface area contributed by atoms with E-state index in [0.717, 1.165) is 33.3 Å². The zero-order valence-electron chi connectivity index (χ0n) is 23.7. The number of anilines is 1. The monoisotopic (exact) mass is 566 g/mol. The van der Waals surface area contributed by atoms with Crippen molar-refractivity contribution in [2.75, 3.05) is 5.32 Å². The summed E-state index contributed by atoms with van der Waals surface area (Å²) in [5.74, 6) is -0.943. The highest BCUT2D eigenvalue weighted by atomic mass is 19.1. The molecule has 0 aliphatic heterocycles. The zero-order valence-corrected chi connectivity index (χ0v) is 23.7. The normalized spacial score (nSPS) is 12.9. The second-order valence-electron chi connectivity index (χ2n) is 10.9. The molecular formula is C32H31FN6O3. The largest absolute Gasteiger partial charge is 0.444 e. The second-order valence-corrected chi connectivity index (χ2v) is 10.9. The van der Waals surface area contributed by atoms with Crippen LogP contribution >= 0.6 is 0 Å². The molecule has 0 aliphatic carbocycles. The smallest absolute Gasteiger partial charge is 0.408 e. The summed E-state index contributed by atoms with van der Waals surface area (Å²) in [5, 5.41) is 6.38. The number of carbonyl (C=O) groups excluding carboxylic acids is 2. The minimum absolute atomic E-state index is 0.287. The Balaban J connectivity index is 1.49. The molecule has 0 aliphatic rings. The molecule has 1 aromatic carbocycles. The predicted molar refractivity (Wildman–Crippen MR) is 159 cm³/mol. The number of alkyl carbamates (subject to hydrolysis) is 1. The average molecular weight is 567 g/mol. The van der Waals surface area contributed by atoms with Crippen molar-refractivity contribution in [2.24, 2.45) is 0 Å². The Labute approximate surface area is 242 Å². The Hall–Kier alpha value is -5.12. The van der Waals surface area contributed by atoms with Crippen molar-refractivity contribution >= 4 is 28.9 Å². The van der Waals surface area contributed by atoms with Crippen molar-refractivity contribution in [2.45, 2.75) is 45.3 Å². The number of aromatic nitrogens is 4. The van der Waals surface area contributed by atoms with Crippen LogP contribution in [0.25, 0.3) is 33.4 Å². The molecule has 5 rings (SSSR count). The Morgan fingerprint density at radius 2 is 1.67 bits per heavy atom. The third kappa shape index (κ3) is 6.43. The van der Waals surface area contributed by atoms with E-state index in [-0.39, 0.29) is 11.6 Å². The van der Waals surface area contributed by atoms with Gasteiger partial charge in [-0.25, -0.2) is 14.2 Å². The maximum atomic E-state index is 13.7. The average Bonchev–Trinajstić information content (AvgIpc) is 3.34. The van der Waals surface area contributed by atoms with Gasteiger partial charge in [-0.1, -0.05) is 13.0 Å². The number of benzene rings is 1. The first kappa shape index (κ1) is 28.4. The molecule has 4 aromatic heterocycles. The summed E-state index contributed by atoms with van der Waals surface area (Å²) in [6.07, 6.45) is 5.99. The SMILES string of the molecule is CC(c1cccnc1)[C@H](NC(=O)OC(C)(C)C)C(=O)Nc1ccc2c(-c3ccncc3)c(-c3ccc(F)cc3)[nH]c2n1. The zero-order chi connectivity index (χ0) is 29.9. The van der Waals surface area contributed by atoms with Crippen molar-refractivity contribution in [3.63, 3.8) is 0 Å². The molecule has 0 saturated heterocycles. The van der Waals surface area contributed by atoms with E-state index in [9.17, 15) is 14.0 Å². The number of pyridine rings is 3. The molecule has 3 N–H and O–H groups in total. The predicted octanol–water partition coefficient (Wildman–Crippen LogP) is 6.46. The first-order chi connectivity index (χ1) is 20.1. The number of nitrogens with zero attached hydrogens (tertiary/aromatic N) is 3. The van der Waals surface area contributed by atoms with E-state index in [2.05, 4.69) is 30.6 Å². The molecule has 1 unspecified atom stereocenters. The van der Waals surface area contributed by atoms with Crippen molar-refractivity contribution in [3.05, 3.63) is 96.8 Å². The molecule has 2 amide bonds. The van der Waals surface area contributed by atoms with Crippen LogP contribution in [0.1, 0.15) is 39.2 Å². The minimum atomic E-state index is -0.979. The van der Waals surface area contributed by atoms with Crippen molar-refractivity contribution in [1.82, 2.24) is 25.3 Å². The number of rotatable bonds is 7. The molecule has 0 spiro atoms. The lowest BCUT2D eigenvalue weighted by molar-refractivity contribution is -0.118. The summed E-state index contributed by atoms with van der Waals surface area (Å²) >= 11 is 0. The molecular weight excluding hydrogens is 535 g/mol. The molecule has 0 saturated carbocycles. The van der Waals surface area contributed by atoms with Gasteiger partial charge in [0.1, 0.15) is 28.9 Å². The maximum Gasteiger partial charge on any atom is 0.408 e. The number of H-pyrrole nitrogens is 1. The van der Waals surface area contributed by atoms with Crippen molar-refractivity contribution in [3.8, 4) is 22.4 Å². The first-order valence-electron chi connectivity index (χ1n) is 13.5. The number of hydrogen-bond acceptors (Lipinski definition) is 6. The van der Waals surface area contributed by atoms with Gasteiger partial charge in [-0.2, -0.15) is 0 Å². The molecule has 0 radical (unpaired) electrons. The van der Waals surface area contributed by atoms with Crippen LogP contribution in [0.3, 0.4) is 0 Å². The molecule has 5 aromatic rings. The van der Waals surface area contributed by atoms with Crippen LogP contribution in [0.15, 0.2) is 85.5 Å². The van der Waals surface area contributed by atoms with Gasteiger partial charge >= 0.3 is 6.09 Å². The molecule has 2 atom stereocenters. The number of fused-ring (bicyclic) bond motifs is 1. The van der Waals surface area contributed by atoms with Crippen LogP contribution in [-0.2, 0) is 9.53 Å². The van der Waals surface area contributed by atoms with E-state index < -0.39 is 29.6 Å². The third-order valence-electron chi connectivity index (χ3n) is 6.68. The van der Waals surface area contributed by atoms with Gasteiger partial charge in [0.05, 0.1) is 5.69 Å². The fourth-order valence-corrected chi connectivity index (χ4v) is 4.69. The van der Waals surface area contributed by atoms with Crippen LogP contribution < -0.4 is 10.6 Å². The standard InChI is InChI=1S/C32H31FN6O3/c1-19(22-6-5-15-35-18-22)27(39-31(41)42-32(2,3)4)30(40)37-25-12-11-24-26(20-13-16-34-17-14-20)28(38-29(24)36-25)21-7-9-23(33)10-8-21/h5-19,27H,1-4H3,(H,39,41)(H2,36,37,38,40)/t19?,27-/m0/s1. The van der Waals surface area contributed by atoms with Gasteiger partial charge in [0.15, 0.2) is 0 Å². The van der Waals surface area contributed by atoms with Gasteiger partial charge in [0, 0.05) is 41.7 Å². The van der Waals surface area contributed by atoms with Crippen LogP contribution in [0.5, 0.6) is 0 Å². The highest BCUT2D eigenvalue weighted by Crippen LogP contribution is 2.38. The van der Waals surface area contributed by atoms with E-state index in [1.165, 1.54) is 12.1 Å². The van der Waals surface area contributed by atoms with E-state index in [0.29, 0.717) is 5.65 Å². The molecule has 214 valence electrons. The number of halogens is 1. The third-order valence-corrected chi connectivity index (χ3v) is 6.68. The number of amides is 2. The van der Waals surface area contributed by atoms with Gasteiger partial charge in [-0.3, -0.25) is 14.8 Å². The second kappa shape index (κ2) is 11.8. The summed E-state index contributed by atoms with van der Waals surface area (Å²) in [6, 6.07) is 16.2. The fourth-order valence-electron chi connectivity index (χ4n) is 4.69.